The summed E-state index contributed by atoms with van der Waals surface area (Å²) < 4.78 is 11.1. The highest BCUT2D eigenvalue weighted by Gasteiger charge is 2.15. The summed E-state index contributed by atoms with van der Waals surface area (Å²) in [6, 6.07) is 11.8. The van der Waals surface area contributed by atoms with Crippen LogP contribution < -0.4 is 20.1 Å². The molecule has 2 N–H and O–H groups in total. The predicted molar refractivity (Wildman–Crippen MR) is 111 cm³/mol. The second-order valence-electron chi connectivity index (χ2n) is 5.74. The third-order valence-corrected chi connectivity index (χ3v) is 5.90. The molecule has 2 aromatic carbocycles. The van der Waals surface area contributed by atoms with E-state index in [-0.39, 0.29) is 24.4 Å². The van der Waals surface area contributed by atoms with Gasteiger partial charge in [0.2, 0.25) is 17.8 Å². The molecule has 1 aromatic heterocycles. The highest BCUT2D eigenvalue weighted by molar-refractivity contribution is 8.01. The molecule has 0 atom stereocenters. The Bertz CT molecular complexity index is 1080. The van der Waals surface area contributed by atoms with Crippen molar-refractivity contribution in [3.63, 3.8) is 0 Å². The van der Waals surface area contributed by atoms with Crippen LogP contribution in [0.4, 0.5) is 10.8 Å². The van der Waals surface area contributed by atoms with Gasteiger partial charge in [0.1, 0.15) is 0 Å². The van der Waals surface area contributed by atoms with E-state index in [1.54, 1.807) is 42.5 Å². The molecule has 4 rings (SSSR count). The molecular weight excluding hydrogens is 436 g/mol. The fourth-order valence-electron chi connectivity index (χ4n) is 2.42. The maximum atomic E-state index is 12.2. The number of halogens is 1. The summed E-state index contributed by atoms with van der Waals surface area (Å²) in [5.41, 5.74) is 1.04. The maximum absolute atomic E-state index is 12.2. The number of ether oxygens (including phenoxy) is 2. The number of fused-ring (bicyclic) bond motifs is 1. The number of carbonyl (C=O) groups excluding carboxylic acids is 2. The Morgan fingerprint density at radius 3 is 2.83 bits per heavy atom. The number of rotatable bonds is 6. The number of thioether (sulfide) groups is 1. The molecule has 2 heterocycles. The van der Waals surface area contributed by atoms with Gasteiger partial charge in [-0.1, -0.05) is 40.8 Å². The Kier molecular flexibility index (Phi) is 5.84. The molecule has 0 saturated heterocycles. The number of amides is 2. The van der Waals surface area contributed by atoms with E-state index in [1.165, 1.54) is 23.1 Å². The lowest BCUT2D eigenvalue weighted by Gasteiger charge is -2.05. The van der Waals surface area contributed by atoms with Crippen molar-refractivity contribution in [2.45, 2.75) is 4.34 Å². The van der Waals surface area contributed by atoms with Gasteiger partial charge in [-0.25, -0.2) is 0 Å². The van der Waals surface area contributed by atoms with E-state index in [2.05, 4.69) is 20.8 Å². The summed E-state index contributed by atoms with van der Waals surface area (Å²) in [7, 11) is 0. The number of hydrogen-bond donors (Lipinski definition) is 2. The Hall–Kier alpha value is -2.82. The van der Waals surface area contributed by atoms with E-state index in [9.17, 15) is 9.59 Å². The quantitative estimate of drug-likeness (QED) is 0.435. The van der Waals surface area contributed by atoms with Gasteiger partial charge in [-0.2, -0.15) is 0 Å². The van der Waals surface area contributed by atoms with Crippen LogP contribution in [0.25, 0.3) is 0 Å². The molecule has 0 radical (unpaired) electrons. The molecule has 0 spiro atoms. The summed E-state index contributed by atoms with van der Waals surface area (Å²) in [5.74, 6) is 0.860. The van der Waals surface area contributed by atoms with Gasteiger partial charge in [-0.3, -0.25) is 14.9 Å². The molecule has 148 valence electrons. The van der Waals surface area contributed by atoms with Crippen LogP contribution in [0.3, 0.4) is 0 Å². The molecule has 2 amide bonds. The van der Waals surface area contributed by atoms with Gasteiger partial charge in [-0.15, -0.1) is 10.2 Å². The number of nitrogens with zero attached hydrogens (tertiary/aromatic N) is 2. The minimum atomic E-state index is -0.333. The Balaban J connectivity index is 1.29. The average molecular weight is 449 g/mol. The van der Waals surface area contributed by atoms with Gasteiger partial charge >= 0.3 is 0 Å². The molecular formula is C18H13ClN4O4S2. The second-order valence-corrected chi connectivity index (χ2v) is 8.38. The topological polar surface area (TPSA) is 102 Å². The zero-order chi connectivity index (χ0) is 20.2. The summed E-state index contributed by atoms with van der Waals surface area (Å²) in [4.78, 5) is 24.4. The molecule has 0 unspecified atom stereocenters. The van der Waals surface area contributed by atoms with Crippen LogP contribution in [0.1, 0.15) is 10.4 Å². The molecule has 1 aliphatic rings. The summed E-state index contributed by atoms with van der Waals surface area (Å²) >= 11 is 8.30. The van der Waals surface area contributed by atoms with Gasteiger partial charge in [0.15, 0.2) is 15.8 Å². The molecule has 8 nitrogen and oxygen atoms in total. The van der Waals surface area contributed by atoms with Crippen LogP contribution in [0.2, 0.25) is 5.02 Å². The number of aromatic nitrogens is 2. The van der Waals surface area contributed by atoms with Crippen molar-refractivity contribution in [2.75, 3.05) is 23.2 Å². The first-order valence-electron chi connectivity index (χ1n) is 8.29. The van der Waals surface area contributed by atoms with Crippen LogP contribution in [-0.4, -0.2) is 34.6 Å². The van der Waals surface area contributed by atoms with Crippen LogP contribution in [0.15, 0.2) is 46.8 Å². The molecule has 0 aliphatic carbocycles. The first-order valence-corrected chi connectivity index (χ1v) is 10.5. The largest absolute Gasteiger partial charge is 0.454 e. The van der Waals surface area contributed by atoms with E-state index in [4.69, 9.17) is 21.1 Å². The maximum Gasteiger partial charge on any atom is 0.257 e. The zero-order valence-corrected chi connectivity index (χ0v) is 17.1. The van der Waals surface area contributed by atoms with E-state index < -0.39 is 0 Å². The van der Waals surface area contributed by atoms with E-state index >= 15 is 0 Å². The van der Waals surface area contributed by atoms with Crippen molar-refractivity contribution < 1.29 is 19.1 Å². The summed E-state index contributed by atoms with van der Waals surface area (Å²) in [5, 5.41) is 14.2. The van der Waals surface area contributed by atoms with Crippen LogP contribution in [0, 0.1) is 0 Å². The molecule has 11 heteroatoms. The summed E-state index contributed by atoms with van der Waals surface area (Å²) in [6.45, 7) is 0.176. The second kappa shape index (κ2) is 8.68. The van der Waals surface area contributed by atoms with Crippen LogP contribution in [0.5, 0.6) is 11.5 Å². The van der Waals surface area contributed by atoms with Crippen molar-refractivity contribution in [2.24, 2.45) is 0 Å². The molecule has 0 bridgehead atoms. The van der Waals surface area contributed by atoms with Crippen molar-refractivity contribution in [1.82, 2.24) is 10.2 Å². The number of anilines is 2. The minimum absolute atomic E-state index is 0.144. The molecule has 0 fully saturated rings. The third kappa shape index (κ3) is 4.97. The Morgan fingerprint density at radius 1 is 1.10 bits per heavy atom. The standard InChI is InChI=1S/C18H13ClN4O4S2/c19-11-3-1-2-10(6-11)16(25)21-17-22-23-18(29-17)28-8-15(24)20-12-4-5-13-14(7-12)27-9-26-13/h1-7H,8-9H2,(H,20,24)(H,21,22,25). The Labute approximate surface area is 178 Å². The van der Waals surface area contributed by atoms with Crippen molar-refractivity contribution >= 4 is 57.3 Å². The summed E-state index contributed by atoms with van der Waals surface area (Å²) in [6.07, 6.45) is 0. The Morgan fingerprint density at radius 2 is 1.97 bits per heavy atom. The predicted octanol–water partition coefficient (Wildman–Crippen LogP) is 3.90. The van der Waals surface area contributed by atoms with E-state index in [0.717, 1.165) is 0 Å². The fourth-order valence-corrected chi connectivity index (χ4v) is 4.15. The highest BCUT2D eigenvalue weighted by atomic mass is 35.5. The monoisotopic (exact) mass is 448 g/mol. The SMILES string of the molecule is O=C(CSc1nnc(NC(=O)c2cccc(Cl)c2)s1)Nc1ccc2c(c1)OCO2. The zero-order valence-electron chi connectivity index (χ0n) is 14.7. The van der Waals surface area contributed by atoms with Gasteiger partial charge in [-0.05, 0) is 30.3 Å². The lowest BCUT2D eigenvalue weighted by molar-refractivity contribution is -0.113. The first-order chi connectivity index (χ1) is 14.1. The van der Waals surface area contributed by atoms with Gasteiger partial charge < -0.3 is 14.8 Å². The number of benzene rings is 2. The van der Waals surface area contributed by atoms with Crippen LogP contribution >= 0.6 is 34.7 Å². The van der Waals surface area contributed by atoms with E-state index in [1.807, 2.05) is 0 Å². The van der Waals surface area contributed by atoms with Crippen molar-refractivity contribution in [3.05, 3.63) is 53.1 Å². The van der Waals surface area contributed by atoms with Gasteiger partial charge in [0, 0.05) is 22.3 Å². The highest BCUT2D eigenvalue weighted by Crippen LogP contribution is 2.34. The molecule has 1 aliphatic heterocycles. The van der Waals surface area contributed by atoms with Crippen molar-refractivity contribution in [1.29, 1.82) is 0 Å². The molecule has 3 aromatic rings. The fraction of sp³-hybridized carbons (Fsp3) is 0.111. The normalized spacial score (nSPS) is 11.9. The van der Waals surface area contributed by atoms with E-state index in [0.29, 0.717) is 37.2 Å². The first kappa shape index (κ1) is 19.5. The molecule has 0 saturated carbocycles. The smallest absolute Gasteiger partial charge is 0.257 e. The van der Waals surface area contributed by atoms with Gasteiger partial charge in [0.25, 0.3) is 5.91 Å². The number of nitrogens with one attached hydrogen (secondary N) is 2. The molecule has 29 heavy (non-hydrogen) atoms. The lowest BCUT2D eigenvalue weighted by Crippen LogP contribution is -2.13. The average Bonchev–Trinajstić information content (AvgIpc) is 3.35. The lowest BCUT2D eigenvalue weighted by atomic mass is 10.2. The van der Waals surface area contributed by atoms with Crippen LogP contribution in [-0.2, 0) is 4.79 Å². The number of carbonyl (C=O) groups is 2. The third-order valence-electron chi connectivity index (χ3n) is 3.70. The minimum Gasteiger partial charge on any atom is -0.454 e. The number of hydrogen-bond acceptors (Lipinski definition) is 8. The van der Waals surface area contributed by atoms with Crippen molar-refractivity contribution in [3.8, 4) is 11.5 Å². The van der Waals surface area contributed by atoms with Gasteiger partial charge in [0.05, 0.1) is 5.75 Å².